The van der Waals surface area contributed by atoms with Crippen LogP contribution in [0.15, 0.2) is 29.2 Å². The molecule has 1 aromatic rings. The van der Waals surface area contributed by atoms with Crippen LogP contribution in [0, 0.1) is 11.8 Å². The van der Waals surface area contributed by atoms with Gasteiger partial charge in [0.05, 0.1) is 17.9 Å². The minimum atomic E-state index is -3.68. The van der Waals surface area contributed by atoms with Gasteiger partial charge in [0.2, 0.25) is 15.9 Å². The highest BCUT2D eigenvalue weighted by Gasteiger charge is 2.33. The van der Waals surface area contributed by atoms with Gasteiger partial charge >= 0.3 is 5.97 Å². The van der Waals surface area contributed by atoms with Crippen molar-refractivity contribution in [1.29, 1.82) is 0 Å². The Morgan fingerprint density at radius 2 is 1.73 bits per heavy atom. The number of carbonyl (C=O) groups is 2. The average molecular weight is 380 g/mol. The minimum absolute atomic E-state index is 0.0104. The number of piperidine rings is 1. The molecule has 1 atom stereocenters. The van der Waals surface area contributed by atoms with E-state index in [1.807, 2.05) is 0 Å². The Labute approximate surface area is 153 Å². The van der Waals surface area contributed by atoms with Crippen molar-refractivity contribution in [3.05, 3.63) is 24.3 Å². The van der Waals surface area contributed by atoms with Gasteiger partial charge < -0.3 is 10.1 Å². The summed E-state index contributed by atoms with van der Waals surface area (Å²) in [7, 11) is -2.37. The Hall–Kier alpha value is -1.93. The summed E-state index contributed by atoms with van der Waals surface area (Å²) in [6, 6.07) is 6.19. The molecule has 1 aliphatic carbocycles. The number of ether oxygens (including phenoxy) is 1. The van der Waals surface area contributed by atoms with Crippen molar-refractivity contribution in [3.63, 3.8) is 0 Å². The van der Waals surface area contributed by atoms with Gasteiger partial charge in [-0.2, -0.15) is 4.31 Å². The number of nitrogens with zero attached hydrogens (tertiary/aromatic N) is 1. The maximum absolute atomic E-state index is 12.8. The molecule has 3 rings (SSSR count). The number of rotatable bonds is 5. The molecular formula is C18H24N2O5S. The van der Waals surface area contributed by atoms with E-state index < -0.39 is 15.9 Å². The van der Waals surface area contributed by atoms with Crippen molar-refractivity contribution in [1.82, 2.24) is 4.31 Å². The molecule has 1 saturated carbocycles. The van der Waals surface area contributed by atoms with Crippen LogP contribution in [0.1, 0.15) is 32.1 Å². The molecule has 1 aromatic carbocycles. The summed E-state index contributed by atoms with van der Waals surface area (Å²) >= 11 is 0. The highest BCUT2D eigenvalue weighted by atomic mass is 32.2. The standard InChI is InChI=1S/C18H24N2O5S/c1-25-18(22)14-6-3-11-20(12-14)26(23,24)16-9-7-15(8-10-16)19-17(21)13-4-2-5-13/h7-10,13-14H,2-6,11-12H2,1H3,(H,19,21)/t14-/m1/s1. The summed E-state index contributed by atoms with van der Waals surface area (Å²) in [6.07, 6.45) is 4.15. The topological polar surface area (TPSA) is 92.8 Å². The Bertz CT molecular complexity index is 771. The van der Waals surface area contributed by atoms with Crippen molar-refractivity contribution in [3.8, 4) is 0 Å². The summed E-state index contributed by atoms with van der Waals surface area (Å²) in [4.78, 5) is 23.9. The number of benzene rings is 1. The normalized spacial score (nSPS) is 21.7. The van der Waals surface area contributed by atoms with Gasteiger partial charge in [0.25, 0.3) is 0 Å². The van der Waals surface area contributed by atoms with E-state index >= 15 is 0 Å². The van der Waals surface area contributed by atoms with Gasteiger partial charge in [0.15, 0.2) is 0 Å². The van der Waals surface area contributed by atoms with Crippen LogP contribution in [0.3, 0.4) is 0 Å². The maximum Gasteiger partial charge on any atom is 0.309 e. The largest absolute Gasteiger partial charge is 0.469 e. The zero-order chi connectivity index (χ0) is 18.7. The molecule has 1 aliphatic heterocycles. The van der Waals surface area contributed by atoms with Gasteiger partial charge in [-0.05, 0) is 49.9 Å². The molecule has 1 amide bonds. The highest BCUT2D eigenvalue weighted by Crippen LogP contribution is 2.28. The molecule has 8 heteroatoms. The molecule has 0 spiro atoms. The predicted octanol–water partition coefficient (Wildman–Crippen LogP) is 2.00. The van der Waals surface area contributed by atoms with E-state index in [1.165, 1.54) is 23.5 Å². The molecule has 0 aromatic heterocycles. The smallest absolute Gasteiger partial charge is 0.309 e. The maximum atomic E-state index is 12.8. The Kier molecular flexibility index (Phi) is 5.62. The Morgan fingerprint density at radius 3 is 2.31 bits per heavy atom. The second kappa shape index (κ2) is 7.75. The summed E-state index contributed by atoms with van der Waals surface area (Å²) < 4.78 is 31.7. The third kappa shape index (κ3) is 3.91. The number of carbonyl (C=O) groups excluding carboxylic acids is 2. The monoisotopic (exact) mass is 380 g/mol. The van der Waals surface area contributed by atoms with Crippen LogP contribution >= 0.6 is 0 Å². The fourth-order valence-electron chi connectivity index (χ4n) is 3.29. The molecule has 1 N–H and O–H groups in total. The molecule has 26 heavy (non-hydrogen) atoms. The Balaban J connectivity index is 1.68. The van der Waals surface area contributed by atoms with E-state index in [0.717, 1.165) is 19.3 Å². The van der Waals surface area contributed by atoms with Crippen LogP contribution in [0.4, 0.5) is 5.69 Å². The fourth-order valence-corrected chi connectivity index (χ4v) is 4.82. The molecule has 0 radical (unpaired) electrons. The average Bonchev–Trinajstić information content (AvgIpc) is 2.60. The summed E-state index contributed by atoms with van der Waals surface area (Å²) in [6.45, 7) is 0.519. The number of sulfonamides is 1. The van der Waals surface area contributed by atoms with E-state index in [0.29, 0.717) is 25.1 Å². The number of anilines is 1. The number of esters is 1. The van der Waals surface area contributed by atoms with Gasteiger partial charge in [0, 0.05) is 24.7 Å². The van der Waals surface area contributed by atoms with Gasteiger partial charge in [-0.15, -0.1) is 0 Å². The van der Waals surface area contributed by atoms with Gasteiger partial charge in [-0.1, -0.05) is 6.42 Å². The number of hydrogen-bond donors (Lipinski definition) is 1. The SMILES string of the molecule is COC(=O)[C@@H]1CCCN(S(=O)(=O)c2ccc(NC(=O)C3CCC3)cc2)C1. The van der Waals surface area contributed by atoms with Crippen LogP contribution in [-0.4, -0.2) is 44.8 Å². The first-order chi connectivity index (χ1) is 12.4. The summed E-state index contributed by atoms with van der Waals surface area (Å²) in [5.74, 6) is -0.741. The zero-order valence-electron chi connectivity index (χ0n) is 14.8. The van der Waals surface area contributed by atoms with Crippen molar-refractivity contribution in [2.45, 2.75) is 37.0 Å². The van der Waals surface area contributed by atoms with Crippen LogP contribution in [-0.2, 0) is 24.3 Å². The number of amides is 1. The second-order valence-electron chi connectivity index (χ2n) is 6.87. The zero-order valence-corrected chi connectivity index (χ0v) is 15.6. The molecule has 0 unspecified atom stereocenters. The third-order valence-corrected chi connectivity index (χ3v) is 7.03. The number of hydrogen-bond acceptors (Lipinski definition) is 5. The van der Waals surface area contributed by atoms with Crippen molar-refractivity contribution >= 4 is 27.6 Å². The van der Waals surface area contributed by atoms with Crippen molar-refractivity contribution in [2.75, 3.05) is 25.5 Å². The van der Waals surface area contributed by atoms with E-state index in [4.69, 9.17) is 4.74 Å². The lowest BCUT2D eigenvalue weighted by molar-refractivity contribution is -0.146. The van der Waals surface area contributed by atoms with Gasteiger partial charge in [0.1, 0.15) is 0 Å². The molecule has 142 valence electrons. The van der Waals surface area contributed by atoms with E-state index in [1.54, 1.807) is 12.1 Å². The lowest BCUT2D eigenvalue weighted by Crippen LogP contribution is -2.42. The molecule has 2 fully saturated rings. The molecular weight excluding hydrogens is 356 g/mol. The predicted molar refractivity (Wildman–Crippen MR) is 95.9 cm³/mol. The molecule has 2 aliphatic rings. The fraction of sp³-hybridized carbons (Fsp3) is 0.556. The lowest BCUT2D eigenvalue weighted by atomic mass is 9.85. The van der Waals surface area contributed by atoms with Gasteiger partial charge in [-0.3, -0.25) is 9.59 Å². The summed E-state index contributed by atoms with van der Waals surface area (Å²) in [5.41, 5.74) is 0.590. The van der Waals surface area contributed by atoms with Crippen LogP contribution in [0.25, 0.3) is 0 Å². The first kappa shape index (κ1) is 18.8. The number of nitrogens with one attached hydrogen (secondary N) is 1. The van der Waals surface area contributed by atoms with Gasteiger partial charge in [-0.25, -0.2) is 8.42 Å². The molecule has 0 bridgehead atoms. The number of methoxy groups -OCH3 is 1. The van der Waals surface area contributed by atoms with Crippen LogP contribution < -0.4 is 5.32 Å². The van der Waals surface area contributed by atoms with E-state index in [9.17, 15) is 18.0 Å². The second-order valence-corrected chi connectivity index (χ2v) is 8.80. The lowest BCUT2D eigenvalue weighted by Gasteiger charge is -2.30. The Morgan fingerprint density at radius 1 is 1.08 bits per heavy atom. The minimum Gasteiger partial charge on any atom is -0.469 e. The first-order valence-corrected chi connectivity index (χ1v) is 10.3. The van der Waals surface area contributed by atoms with Crippen LogP contribution in [0.5, 0.6) is 0 Å². The third-order valence-electron chi connectivity index (χ3n) is 5.15. The molecule has 7 nitrogen and oxygen atoms in total. The van der Waals surface area contributed by atoms with E-state index in [-0.39, 0.29) is 29.2 Å². The van der Waals surface area contributed by atoms with E-state index in [2.05, 4.69) is 5.32 Å². The quantitative estimate of drug-likeness (QED) is 0.789. The van der Waals surface area contributed by atoms with Crippen LogP contribution in [0.2, 0.25) is 0 Å². The highest BCUT2D eigenvalue weighted by molar-refractivity contribution is 7.89. The molecule has 1 heterocycles. The molecule has 1 saturated heterocycles. The summed E-state index contributed by atoms with van der Waals surface area (Å²) in [5, 5.41) is 2.82. The van der Waals surface area contributed by atoms with Crippen molar-refractivity contribution < 1.29 is 22.7 Å². The first-order valence-electron chi connectivity index (χ1n) is 8.90. The van der Waals surface area contributed by atoms with Crippen molar-refractivity contribution in [2.24, 2.45) is 11.8 Å².